The molecule has 0 aliphatic carbocycles. The molecule has 0 aliphatic rings. The largest absolute Gasteiger partial charge is 0.396 e. The van der Waals surface area contributed by atoms with Crippen molar-refractivity contribution in [1.82, 2.24) is 14.5 Å². The average Bonchev–Trinajstić information content (AvgIpc) is 2.78. The topological polar surface area (TPSA) is 126 Å². The van der Waals surface area contributed by atoms with Crippen LogP contribution in [0.2, 0.25) is 0 Å². The van der Waals surface area contributed by atoms with Crippen LogP contribution in [-0.2, 0) is 11.5 Å². The molecule has 8 nitrogen and oxygen atoms in total. The van der Waals surface area contributed by atoms with Gasteiger partial charge in [-0.2, -0.15) is 4.98 Å². The molecule has 2 aromatic heterocycles. The van der Waals surface area contributed by atoms with E-state index in [4.69, 9.17) is 20.7 Å². The highest BCUT2D eigenvalue weighted by Crippen LogP contribution is 2.10. The Balaban J connectivity index is 2.19. The van der Waals surface area contributed by atoms with Gasteiger partial charge in [-0.25, -0.2) is 0 Å². The Labute approximate surface area is 108 Å². The molecule has 2 heterocycles. The molecule has 1 atom stereocenters. The number of nitrogens with zero attached hydrogens (tertiary/aromatic N) is 2. The van der Waals surface area contributed by atoms with E-state index in [0.717, 1.165) is 0 Å². The third-order valence-electron chi connectivity index (χ3n) is 2.75. The highest BCUT2D eigenvalue weighted by atomic mass is 16.5. The number of hydrogen-bond acceptors (Lipinski definition) is 6. The van der Waals surface area contributed by atoms with Crippen LogP contribution in [0.4, 0.5) is 5.95 Å². The highest BCUT2D eigenvalue weighted by Gasteiger charge is 2.10. The van der Waals surface area contributed by atoms with Gasteiger partial charge in [-0.15, -0.1) is 0 Å². The monoisotopic (exact) mass is 268 g/mol. The summed E-state index contributed by atoms with van der Waals surface area (Å²) in [5.41, 5.74) is 5.60. The summed E-state index contributed by atoms with van der Waals surface area (Å²) in [6.07, 6.45) is 1.53. The van der Waals surface area contributed by atoms with E-state index in [0.29, 0.717) is 17.5 Å². The van der Waals surface area contributed by atoms with Gasteiger partial charge in [0.15, 0.2) is 5.65 Å². The zero-order valence-corrected chi connectivity index (χ0v) is 10.2. The fraction of sp³-hybridized carbons (Fsp3) is 0.455. The molecular weight excluding hydrogens is 252 g/mol. The maximum absolute atomic E-state index is 11.6. The van der Waals surface area contributed by atoms with Crippen molar-refractivity contribution in [3.8, 4) is 0 Å². The molecule has 0 unspecified atom stereocenters. The number of aliphatic hydroxyl groups is 2. The van der Waals surface area contributed by atoms with Crippen LogP contribution in [0.1, 0.15) is 6.42 Å². The van der Waals surface area contributed by atoms with Crippen molar-refractivity contribution >= 4 is 17.0 Å². The number of nitrogens with one attached hydrogen (secondary N) is 1. The summed E-state index contributed by atoms with van der Waals surface area (Å²) in [6, 6.07) is 1.62. The quantitative estimate of drug-likeness (QED) is 0.533. The van der Waals surface area contributed by atoms with Gasteiger partial charge in [0.25, 0.3) is 5.56 Å². The zero-order chi connectivity index (χ0) is 13.8. The number of nitrogens with two attached hydrogens (primary N) is 1. The number of nitrogen functional groups attached to an aromatic ring is 1. The number of aliphatic hydroxyl groups excluding tert-OH is 2. The summed E-state index contributed by atoms with van der Waals surface area (Å²) in [7, 11) is 0. The van der Waals surface area contributed by atoms with Gasteiger partial charge in [0, 0.05) is 12.8 Å². The Morgan fingerprint density at radius 2 is 2.32 bits per heavy atom. The van der Waals surface area contributed by atoms with E-state index in [1.165, 1.54) is 0 Å². The summed E-state index contributed by atoms with van der Waals surface area (Å²) in [5.74, 6) is 0.0338. The first-order valence-electron chi connectivity index (χ1n) is 5.83. The highest BCUT2D eigenvalue weighted by molar-refractivity contribution is 5.75. The molecule has 0 fully saturated rings. The van der Waals surface area contributed by atoms with E-state index in [1.54, 1.807) is 16.8 Å². The lowest BCUT2D eigenvalue weighted by Gasteiger charge is -2.14. The average molecular weight is 268 g/mol. The van der Waals surface area contributed by atoms with Gasteiger partial charge in [-0.05, 0) is 12.5 Å². The molecular formula is C11H16N4O4. The Bertz CT molecular complexity index is 606. The van der Waals surface area contributed by atoms with Crippen LogP contribution < -0.4 is 11.3 Å². The van der Waals surface area contributed by atoms with Crippen LogP contribution in [0.3, 0.4) is 0 Å². The second-order valence-electron chi connectivity index (χ2n) is 4.09. The molecule has 0 spiro atoms. The number of hydrogen-bond donors (Lipinski definition) is 4. The summed E-state index contributed by atoms with van der Waals surface area (Å²) < 4.78 is 7.04. The molecule has 2 aromatic rings. The number of fused-ring (bicyclic) bond motifs is 1. The lowest BCUT2D eigenvalue weighted by atomic mass is 10.3. The first-order valence-corrected chi connectivity index (χ1v) is 5.83. The molecule has 0 bridgehead atoms. The number of aromatic amines is 1. The van der Waals surface area contributed by atoms with E-state index in [2.05, 4.69) is 9.97 Å². The van der Waals surface area contributed by atoms with Crippen molar-refractivity contribution in [2.45, 2.75) is 19.3 Å². The molecule has 0 radical (unpaired) electrons. The molecule has 2 rings (SSSR count). The smallest absolute Gasteiger partial charge is 0.261 e. The Hall–Kier alpha value is -1.90. The predicted molar refractivity (Wildman–Crippen MR) is 68.4 cm³/mol. The fourth-order valence-corrected chi connectivity index (χ4v) is 1.75. The maximum atomic E-state index is 11.6. The second-order valence-corrected chi connectivity index (χ2v) is 4.09. The van der Waals surface area contributed by atoms with Gasteiger partial charge in [0.1, 0.15) is 6.73 Å². The van der Waals surface area contributed by atoms with Gasteiger partial charge >= 0.3 is 0 Å². The van der Waals surface area contributed by atoms with Crippen molar-refractivity contribution in [3.05, 3.63) is 22.6 Å². The molecule has 0 saturated heterocycles. The molecule has 5 N–H and O–H groups in total. The molecule has 104 valence electrons. The van der Waals surface area contributed by atoms with Crippen LogP contribution >= 0.6 is 0 Å². The molecule has 0 amide bonds. The number of anilines is 1. The van der Waals surface area contributed by atoms with Crippen LogP contribution in [0.25, 0.3) is 11.0 Å². The standard InChI is InChI=1S/C11H16N4O4/c12-11-13-9-8(10(18)14-11)1-3-15(9)6-19-7(5-17)2-4-16/h1,3,7,16-17H,2,4-6H2,(H3,12,13,14,18)/t7-/m0/s1. The molecule has 19 heavy (non-hydrogen) atoms. The third kappa shape index (κ3) is 2.92. The summed E-state index contributed by atoms with van der Waals surface area (Å²) in [5, 5.41) is 18.3. The lowest BCUT2D eigenvalue weighted by molar-refractivity contribution is -0.0329. The van der Waals surface area contributed by atoms with Crippen LogP contribution in [0.15, 0.2) is 17.1 Å². The van der Waals surface area contributed by atoms with Gasteiger partial charge in [-0.3, -0.25) is 9.78 Å². The first-order chi connectivity index (χ1) is 9.15. The van der Waals surface area contributed by atoms with Gasteiger partial charge < -0.3 is 25.3 Å². The SMILES string of the molecule is Nc1nc2c(ccn2CO[C@H](CO)CCO)c(=O)[nH]1. The van der Waals surface area contributed by atoms with Gasteiger partial charge in [0.05, 0.1) is 18.1 Å². The number of rotatable bonds is 6. The predicted octanol–water partition coefficient (Wildman–Crippen LogP) is -0.976. The van der Waals surface area contributed by atoms with E-state index >= 15 is 0 Å². The maximum Gasteiger partial charge on any atom is 0.261 e. The van der Waals surface area contributed by atoms with E-state index in [-0.39, 0.29) is 31.5 Å². The first kappa shape index (κ1) is 13.5. The Morgan fingerprint density at radius 1 is 1.53 bits per heavy atom. The van der Waals surface area contributed by atoms with E-state index in [1.807, 2.05) is 0 Å². The van der Waals surface area contributed by atoms with Crippen molar-refractivity contribution in [1.29, 1.82) is 0 Å². The normalized spacial score (nSPS) is 12.9. The minimum Gasteiger partial charge on any atom is -0.396 e. The Morgan fingerprint density at radius 3 is 3.00 bits per heavy atom. The van der Waals surface area contributed by atoms with E-state index < -0.39 is 6.10 Å². The molecule has 0 aromatic carbocycles. The lowest BCUT2D eigenvalue weighted by Crippen LogP contribution is -2.21. The third-order valence-corrected chi connectivity index (χ3v) is 2.75. The van der Waals surface area contributed by atoms with E-state index in [9.17, 15) is 4.79 Å². The van der Waals surface area contributed by atoms with Crippen LogP contribution in [0.5, 0.6) is 0 Å². The van der Waals surface area contributed by atoms with Crippen molar-refractivity contribution in [2.24, 2.45) is 0 Å². The van der Waals surface area contributed by atoms with Crippen molar-refractivity contribution in [3.63, 3.8) is 0 Å². The summed E-state index contributed by atoms with van der Waals surface area (Å²) in [6.45, 7) is -0.136. The van der Waals surface area contributed by atoms with Crippen LogP contribution in [-0.4, -0.2) is 44.1 Å². The summed E-state index contributed by atoms with van der Waals surface area (Å²) >= 11 is 0. The van der Waals surface area contributed by atoms with Crippen molar-refractivity contribution < 1.29 is 14.9 Å². The molecule has 0 aliphatic heterocycles. The summed E-state index contributed by atoms with van der Waals surface area (Å²) in [4.78, 5) is 18.1. The minimum absolute atomic E-state index is 0.0338. The second kappa shape index (κ2) is 5.83. The van der Waals surface area contributed by atoms with Gasteiger partial charge in [0.2, 0.25) is 5.95 Å². The molecule has 0 saturated carbocycles. The van der Waals surface area contributed by atoms with Crippen LogP contribution in [0, 0.1) is 0 Å². The number of H-pyrrole nitrogens is 1. The molecule has 8 heteroatoms. The van der Waals surface area contributed by atoms with Gasteiger partial charge in [-0.1, -0.05) is 0 Å². The van der Waals surface area contributed by atoms with Crippen molar-refractivity contribution in [2.75, 3.05) is 18.9 Å². The fourth-order valence-electron chi connectivity index (χ4n) is 1.75. The number of aromatic nitrogens is 3. The number of ether oxygens (including phenoxy) is 1. The minimum atomic E-state index is -0.457. The zero-order valence-electron chi connectivity index (χ0n) is 10.2. The Kier molecular flexibility index (Phi) is 4.15.